The first-order chi connectivity index (χ1) is 13.1. The van der Waals surface area contributed by atoms with Gasteiger partial charge in [0, 0.05) is 12.1 Å². The molecule has 1 aromatic rings. The van der Waals surface area contributed by atoms with Crippen LogP contribution >= 0.6 is 35.6 Å². The number of amides is 1. The van der Waals surface area contributed by atoms with Gasteiger partial charge in [0.1, 0.15) is 17.9 Å². The van der Waals surface area contributed by atoms with E-state index >= 15 is 0 Å². The molecule has 2 N–H and O–H groups in total. The molecule has 28 heavy (non-hydrogen) atoms. The highest BCUT2D eigenvalue weighted by Crippen LogP contribution is 2.41. The van der Waals surface area contributed by atoms with E-state index in [0.29, 0.717) is 0 Å². The standard InChI is InChI=1S/C17H23Cl2FN2O5S/c1-5-25-13(23)9-22(16(24)26-17(2,3)4)11(8-21)14-12(27-28-20)7-6-10(18)15(14)19/h6-7,11H,5,8-9,21H2,1-4H3. The van der Waals surface area contributed by atoms with Crippen LogP contribution in [0, 0.1) is 0 Å². The van der Waals surface area contributed by atoms with Crippen molar-refractivity contribution in [2.75, 3.05) is 19.7 Å². The molecule has 0 saturated carbocycles. The van der Waals surface area contributed by atoms with Gasteiger partial charge >= 0.3 is 12.1 Å². The van der Waals surface area contributed by atoms with Crippen molar-refractivity contribution < 1.29 is 27.1 Å². The molecule has 0 aromatic heterocycles. The average Bonchev–Trinajstić information content (AvgIpc) is 2.58. The molecule has 0 aliphatic heterocycles. The number of halogens is 3. The van der Waals surface area contributed by atoms with Crippen LogP contribution in [0.2, 0.25) is 10.0 Å². The second kappa shape index (κ2) is 10.9. The number of rotatable bonds is 8. The van der Waals surface area contributed by atoms with Crippen LogP contribution in [0.1, 0.15) is 39.3 Å². The smallest absolute Gasteiger partial charge is 0.411 e. The lowest BCUT2D eigenvalue weighted by atomic mass is 10.0. The van der Waals surface area contributed by atoms with Crippen LogP contribution in [-0.2, 0) is 14.3 Å². The third kappa shape index (κ3) is 6.88. The zero-order valence-corrected chi connectivity index (χ0v) is 18.3. The first-order valence-electron chi connectivity index (χ1n) is 8.34. The average molecular weight is 457 g/mol. The molecule has 11 heteroatoms. The van der Waals surface area contributed by atoms with Crippen molar-refractivity contribution in [1.82, 2.24) is 4.90 Å². The fourth-order valence-corrected chi connectivity index (χ4v) is 2.99. The number of carbonyl (C=O) groups excluding carboxylic acids is 2. The van der Waals surface area contributed by atoms with E-state index < -0.39 is 42.7 Å². The SMILES string of the molecule is CCOC(=O)CN(C(=O)OC(C)(C)C)C(CN)c1c(OSF)ccc(Cl)c1Cl. The summed E-state index contributed by atoms with van der Waals surface area (Å²) in [6.45, 7) is 6.14. The first-order valence-corrected chi connectivity index (χ1v) is 9.73. The molecule has 1 amide bonds. The van der Waals surface area contributed by atoms with Crippen molar-refractivity contribution in [3.8, 4) is 5.75 Å². The summed E-state index contributed by atoms with van der Waals surface area (Å²) in [5, 5.41) is 0.160. The Morgan fingerprint density at radius 3 is 2.46 bits per heavy atom. The number of ether oxygens (including phenoxy) is 2. The van der Waals surface area contributed by atoms with Gasteiger partial charge in [0.05, 0.1) is 22.7 Å². The molecular weight excluding hydrogens is 434 g/mol. The minimum atomic E-state index is -0.993. The Morgan fingerprint density at radius 2 is 1.96 bits per heavy atom. The zero-order valence-electron chi connectivity index (χ0n) is 16.0. The van der Waals surface area contributed by atoms with Crippen molar-refractivity contribution in [3.63, 3.8) is 0 Å². The molecule has 0 saturated heterocycles. The summed E-state index contributed by atoms with van der Waals surface area (Å²) in [6.07, 6.45) is -0.828. The fraction of sp³-hybridized carbons (Fsp3) is 0.529. The third-order valence-corrected chi connectivity index (χ3v) is 4.44. The van der Waals surface area contributed by atoms with E-state index in [1.54, 1.807) is 27.7 Å². The number of nitrogens with two attached hydrogens (primary N) is 1. The van der Waals surface area contributed by atoms with Crippen LogP contribution in [0.5, 0.6) is 5.75 Å². The lowest BCUT2D eigenvalue weighted by Gasteiger charge is -2.33. The number of carbonyl (C=O) groups is 2. The van der Waals surface area contributed by atoms with Gasteiger partial charge in [-0.3, -0.25) is 9.69 Å². The lowest BCUT2D eigenvalue weighted by Crippen LogP contribution is -2.45. The van der Waals surface area contributed by atoms with E-state index in [-0.39, 0.29) is 34.5 Å². The second-order valence-electron chi connectivity index (χ2n) is 6.58. The van der Waals surface area contributed by atoms with Crippen LogP contribution in [0.4, 0.5) is 8.68 Å². The normalized spacial score (nSPS) is 12.3. The van der Waals surface area contributed by atoms with Gasteiger partial charge in [-0.15, -0.1) is 3.89 Å². The van der Waals surface area contributed by atoms with E-state index in [0.717, 1.165) is 4.90 Å². The van der Waals surface area contributed by atoms with E-state index in [1.165, 1.54) is 12.1 Å². The molecule has 0 heterocycles. The molecule has 158 valence electrons. The third-order valence-electron chi connectivity index (χ3n) is 3.38. The van der Waals surface area contributed by atoms with E-state index in [2.05, 4.69) is 0 Å². The number of nitrogens with zero attached hydrogens (tertiary/aromatic N) is 1. The van der Waals surface area contributed by atoms with Gasteiger partial charge < -0.3 is 19.4 Å². The largest absolute Gasteiger partial charge is 0.465 e. The van der Waals surface area contributed by atoms with Crippen molar-refractivity contribution in [2.45, 2.75) is 39.3 Å². The molecule has 0 aliphatic rings. The molecule has 0 aliphatic carbocycles. The fourth-order valence-electron chi connectivity index (χ4n) is 2.33. The summed E-state index contributed by atoms with van der Waals surface area (Å²) >= 11 is 12.0. The van der Waals surface area contributed by atoms with E-state index in [1.807, 2.05) is 0 Å². The maximum absolute atomic E-state index is 12.8. The molecule has 0 fully saturated rings. The zero-order chi connectivity index (χ0) is 21.5. The quantitative estimate of drug-likeness (QED) is 0.447. The molecule has 0 spiro atoms. The molecule has 1 atom stereocenters. The lowest BCUT2D eigenvalue weighted by molar-refractivity contribution is -0.145. The van der Waals surface area contributed by atoms with Crippen molar-refractivity contribution in [1.29, 1.82) is 0 Å². The Balaban J connectivity index is 3.45. The number of hydrogen-bond donors (Lipinski definition) is 1. The monoisotopic (exact) mass is 456 g/mol. The predicted molar refractivity (Wildman–Crippen MR) is 107 cm³/mol. The van der Waals surface area contributed by atoms with E-state index in [9.17, 15) is 13.5 Å². The summed E-state index contributed by atoms with van der Waals surface area (Å²) in [7, 11) is 0. The van der Waals surface area contributed by atoms with Gasteiger partial charge in [0.15, 0.2) is 0 Å². The summed E-state index contributed by atoms with van der Waals surface area (Å²) < 4.78 is 28.0. The Hall–Kier alpha value is -1.42. The summed E-state index contributed by atoms with van der Waals surface area (Å²) in [4.78, 5) is 25.9. The van der Waals surface area contributed by atoms with Gasteiger partial charge in [-0.05, 0) is 39.8 Å². The van der Waals surface area contributed by atoms with Gasteiger partial charge in [0.2, 0.25) is 0 Å². The van der Waals surface area contributed by atoms with Crippen LogP contribution in [-0.4, -0.2) is 42.3 Å². The summed E-state index contributed by atoms with van der Waals surface area (Å²) in [5.74, 6) is -0.665. The maximum Gasteiger partial charge on any atom is 0.411 e. The van der Waals surface area contributed by atoms with Gasteiger partial charge in [-0.2, -0.15) is 0 Å². The molecule has 0 bridgehead atoms. The van der Waals surface area contributed by atoms with Crippen LogP contribution in [0.25, 0.3) is 0 Å². The molecular formula is C17H23Cl2FN2O5S. The molecule has 0 radical (unpaired) electrons. The van der Waals surface area contributed by atoms with Gasteiger partial charge in [-0.1, -0.05) is 23.2 Å². The predicted octanol–water partition coefficient (Wildman–Crippen LogP) is 4.70. The highest BCUT2D eigenvalue weighted by molar-refractivity contribution is 7.89. The first kappa shape index (κ1) is 24.6. The van der Waals surface area contributed by atoms with Crippen molar-refractivity contribution >= 4 is 47.7 Å². The number of esters is 1. The summed E-state index contributed by atoms with van der Waals surface area (Å²) in [5.41, 5.74) is 5.19. The highest BCUT2D eigenvalue weighted by atomic mass is 35.5. The Labute approximate surface area is 178 Å². The molecule has 1 aromatic carbocycles. The van der Waals surface area contributed by atoms with E-state index in [4.69, 9.17) is 42.6 Å². The molecule has 1 rings (SSSR count). The van der Waals surface area contributed by atoms with Crippen molar-refractivity contribution in [3.05, 3.63) is 27.7 Å². The number of benzene rings is 1. The minimum Gasteiger partial charge on any atom is -0.465 e. The summed E-state index contributed by atoms with van der Waals surface area (Å²) in [6, 6.07) is 1.80. The number of hydrogen-bond acceptors (Lipinski definition) is 7. The Kier molecular flexibility index (Phi) is 9.62. The molecule has 7 nitrogen and oxygen atoms in total. The Bertz CT molecular complexity index is 703. The van der Waals surface area contributed by atoms with Crippen LogP contribution < -0.4 is 9.92 Å². The van der Waals surface area contributed by atoms with Crippen molar-refractivity contribution in [2.24, 2.45) is 5.73 Å². The van der Waals surface area contributed by atoms with Crippen LogP contribution in [0.3, 0.4) is 0 Å². The highest BCUT2D eigenvalue weighted by Gasteiger charge is 2.34. The maximum atomic E-state index is 12.8. The van der Waals surface area contributed by atoms with Crippen LogP contribution in [0.15, 0.2) is 12.1 Å². The topological polar surface area (TPSA) is 91.1 Å². The second-order valence-corrected chi connectivity index (χ2v) is 7.66. The van der Waals surface area contributed by atoms with Gasteiger partial charge in [-0.25, -0.2) is 4.79 Å². The minimum absolute atomic E-state index is 0.00904. The molecule has 1 unspecified atom stereocenters. The van der Waals surface area contributed by atoms with Gasteiger partial charge in [0.25, 0.3) is 12.4 Å². The Morgan fingerprint density at radius 1 is 1.32 bits per heavy atom.